The van der Waals surface area contributed by atoms with Crippen LogP contribution in [0.5, 0.6) is 0 Å². The van der Waals surface area contributed by atoms with Crippen molar-refractivity contribution in [1.29, 1.82) is 0 Å². The summed E-state index contributed by atoms with van der Waals surface area (Å²) in [6.07, 6.45) is 1.72. The summed E-state index contributed by atoms with van der Waals surface area (Å²) in [5, 5.41) is 16.6. The van der Waals surface area contributed by atoms with Crippen LogP contribution in [0.2, 0.25) is 0 Å². The number of carbonyl (C=O) groups is 3. The van der Waals surface area contributed by atoms with E-state index >= 15 is 0 Å². The van der Waals surface area contributed by atoms with Gasteiger partial charge in [-0.25, -0.2) is 9.78 Å². The summed E-state index contributed by atoms with van der Waals surface area (Å²) < 4.78 is 0. The molecule has 0 unspecified atom stereocenters. The fraction of sp³-hybridized carbons (Fsp3) is 0.571. The predicted molar refractivity (Wildman–Crippen MR) is 81.6 cm³/mol. The molecule has 2 rings (SSSR count). The van der Waals surface area contributed by atoms with Gasteiger partial charge in [0.1, 0.15) is 5.54 Å². The summed E-state index contributed by atoms with van der Waals surface area (Å²) in [7, 11) is 0. The van der Waals surface area contributed by atoms with Gasteiger partial charge in [0, 0.05) is 11.3 Å². The minimum atomic E-state index is -1.11. The molecule has 0 aliphatic heterocycles. The van der Waals surface area contributed by atoms with Crippen molar-refractivity contribution in [2.24, 2.45) is 5.92 Å². The van der Waals surface area contributed by atoms with Gasteiger partial charge in [-0.2, -0.15) is 0 Å². The van der Waals surface area contributed by atoms with Crippen LogP contribution in [0.4, 0.5) is 5.13 Å². The van der Waals surface area contributed by atoms with Gasteiger partial charge in [0.15, 0.2) is 5.13 Å². The van der Waals surface area contributed by atoms with Gasteiger partial charge in [0.2, 0.25) is 11.8 Å². The monoisotopic (exact) mass is 325 g/mol. The number of aliphatic carboxylic acids is 1. The Bertz CT molecular complexity index is 593. The molecule has 120 valence electrons. The zero-order valence-corrected chi connectivity index (χ0v) is 13.3. The van der Waals surface area contributed by atoms with Gasteiger partial charge in [-0.15, -0.1) is 11.3 Å². The van der Waals surface area contributed by atoms with Gasteiger partial charge in [0.25, 0.3) is 0 Å². The Kier molecular flexibility index (Phi) is 4.80. The van der Waals surface area contributed by atoms with Crippen molar-refractivity contribution in [1.82, 2.24) is 10.3 Å². The second kappa shape index (κ2) is 6.43. The molecule has 1 aliphatic rings. The molecule has 1 saturated carbocycles. The van der Waals surface area contributed by atoms with Crippen LogP contribution in [-0.4, -0.2) is 33.4 Å². The van der Waals surface area contributed by atoms with E-state index in [2.05, 4.69) is 15.6 Å². The Morgan fingerprint density at radius 2 is 2.09 bits per heavy atom. The summed E-state index contributed by atoms with van der Waals surface area (Å²) in [6.45, 7) is 3.56. The highest BCUT2D eigenvalue weighted by atomic mass is 32.1. The van der Waals surface area contributed by atoms with Gasteiger partial charge >= 0.3 is 5.97 Å². The number of hydrogen-bond acceptors (Lipinski definition) is 5. The number of anilines is 1. The Morgan fingerprint density at radius 1 is 1.41 bits per heavy atom. The standard InChI is InChI=1S/C14H19N3O4S/c1-8(2)11(19)16-13-15-9(7-22-13)6-10(18)17-14(12(20)21)4-3-5-14/h7-8H,3-6H2,1-2H3,(H,17,18)(H,20,21)(H,15,16,19). The fourth-order valence-electron chi connectivity index (χ4n) is 2.09. The van der Waals surface area contributed by atoms with Crippen molar-refractivity contribution in [3.05, 3.63) is 11.1 Å². The van der Waals surface area contributed by atoms with Crippen LogP contribution in [0.15, 0.2) is 5.38 Å². The third-order valence-corrected chi connectivity index (χ3v) is 4.45. The number of carboxylic acids is 1. The van der Waals surface area contributed by atoms with Gasteiger partial charge in [-0.1, -0.05) is 13.8 Å². The summed E-state index contributed by atoms with van der Waals surface area (Å²) in [4.78, 5) is 38.9. The molecule has 1 fully saturated rings. The van der Waals surface area contributed by atoms with E-state index in [-0.39, 0.29) is 24.2 Å². The molecular formula is C14H19N3O4S. The highest BCUT2D eigenvalue weighted by Gasteiger charge is 2.45. The van der Waals surface area contributed by atoms with Crippen LogP contribution in [0.25, 0.3) is 0 Å². The SMILES string of the molecule is CC(C)C(=O)Nc1nc(CC(=O)NC2(C(=O)O)CCC2)cs1. The Labute approximate surface area is 132 Å². The van der Waals surface area contributed by atoms with Gasteiger partial charge in [0.05, 0.1) is 12.1 Å². The first-order valence-corrected chi connectivity index (χ1v) is 8.00. The second-order valence-electron chi connectivity index (χ2n) is 5.75. The quantitative estimate of drug-likeness (QED) is 0.732. The van der Waals surface area contributed by atoms with E-state index in [1.165, 1.54) is 11.3 Å². The van der Waals surface area contributed by atoms with E-state index in [4.69, 9.17) is 0 Å². The van der Waals surface area contributed by atoms with Crippen molar-refractivity contribution in [2.45, 2.75) is 45.1 Å². The van der Waals surface area contributed by atoms with Crippen molar-refractivity contribution < 1.29 is 19.5 Å². The minimum Gasteiger partial charge on any atom is -0.480 e. The number of carboxylic acid groups (broad SMARTS) is 1. The normalized spacial score (nSPS) is 16.0. The maximum absolute atomic E-state index is 12.0. The number of hydrogen-bond donors (Lipinski definition) is 3. The van der Waals surface area contributed by atoms with E-state index in [1.807, 2.05) is 0 Å². The molecule has 22 heavy (non-hydrogen) atoms. The van der Waals surface area contributed by atoms with Gasteiger partial charge in [-0.3, -0.25) is 9.59 Å². The molecule has 0 radical (unpaired) electrons. The molecule has 0 aromatic carbocycles. The summed E-state index contributed by atoms with van der Waals surface area (Å²) >= 11 is 1.24. The zero-order chi connectivity index (χ0) is 16.3. The third-order valence-electron chi connectivity index (χ3n) is 3.64. The lowest BCUT2D eigenvalue weighted by Crippen LogP contribution is -2.59. The molecule has 1 aromatic rings. The largest absolute Gasteiger partial charge is 0.480 e. The van der Waals surface area contributed by atoms with E-state index < -0.39 is 11.5 Å². The van der Waals surface area contributed by atoms with Crippen LogP contribution >= 0.6 is 11.3 Å². The first-order chi connectivity index (χ1) is 10.3. The van der Waals surface area contributed by atoms with Crippen LogP contribution in [-0.2, 0) is 20.8 Å². The lowest BCUT2D eigenvalue weighted by atomic mass is 9.76. The van der Waals surface area contributed by atoms with Gasteiger partial charge in [-0.05, 0) is 19.3 Å². The van der Waals surface area contributed by atoms with Crippen molar-refractivity contribution in [2.75, 3.05) is 5.32 Å². The van der Waals surface area contributed by atoms with Crippen molar-refractivity contribution in [3.8, 4) is 0 Å². The number of amides is 2. The highest BCUT2D eigenvalue weighted by Crippen LogP contribution is 2.32. The van der Waals surface area contributed by atoms with E-state index in [9.17, 15) is 19.5 Å². The number of rotatable bonds is 6. The average molecular weight is 325 g/mol. The number of nitrogens with zero attached hydrogens (tertiary/aromatic N) is 1. The van der Waals surface area contributed by atoms with Gasteiger partial charge < -0.3 is 15.7 Å². The molecule has 0 atom stereocenters. The Balaban J connectivity index is 1.91. The zero-order valence-electron chi connectivity index (χ0n) is 12.5. The molecule has 2 amide bonds. The molecule has 1 aromatic heterocycles. The van der Waals surface area contributed by atoms with Crippen LogP contribution < -0.4 is 10.6 Å². The number of thiazole rings is 1. The Morgan fingerprint density at radius 3 is 2.59 bits per heavy atom. The number of nitrogens with one attached hydrogen (secondary N) is 2. The van der Waals surface area contributed by atoms with Crippen LogP contribution in [0, 0.1) is 5.92 Å². The molecule has 0 saturated heterocycles. The lowest BCUT2D eigenvalue weighted by Gasteiger charge is -2.38. The van der Waals surface area contributed by atoms with Crippen LogP contribution in [0.3, 0.4) is 0 Å². The lowest BCUT2D eigenvalue weighted by molar-refractivity contribution is -0.151. The highest BCUT2D eigenvalue weighted by molar-refractivity contribution is 7.13. The topological polar surface area (TPSA) is 108 Å². The number of carbonyl (C=O) groups excluding carboxylic acids is 2. The molecule has 8 heteroatoms. The predicted octanol–water partition coefficient (Wildman–Crippen LogP) is 1.40. The van der Waals surface area contributed by atoms with E-state index in [0.29, 0.717) is 23.7 Å². The summed E-state index contributed by atoms with van der Waals surface area (Å²) in [6, 6.07) is 0. The maximum Gasteiger partial charge on any atom is 0.329 e. The molecule has 7 nitrogen and oxygen atoms in total. The maximum atomic E-state index is 12.0. The first-order valence-electron chi connectivity index (χ1n) is 7.12. The fourth-order valence-corrected chi connectivity index (χ4v) is 2.81. The van der Waals surface area contributed by atoms with Crippen molar-refractivity contribution in [3.63, 3.8) is 0 Å². The minimum absolute atomic E-state index is 0.00305. The van der Waals surface area contributed by atoms with Crippen molar-refractivity contribution >= 4 is 34.3 Å². The van der Waals surface area contributed by atoms with E-state index in [1.54, 1.807) is 19.2 Å². The summed E-state index contributed by atoms with van der Waals surface area (Å²) in [5.74, 6) is -1.64. The van der Waals surface area contributed by atoms with Crippen LogP contribution in [0.1, 0.15) is 38.8 Å². The molecule has 1 heterocycles. The molecule has 0 bridgehead atoms. The second-order valence-corrected chi connectivity index (χ2v) is 6.61. The molecule has 1 aliphatic carbocycles. The number of aromatic nitrogens is 1. The molecule has 0 spiro atoms. The average Bonchev–Trinajstić information content (AvgIpc) is 2.80. The molecule has 3 N–H and O–H groups in total. The Hall–Kier alpha value is -1.96. The summed E-state index contributed by atoms with van der Waals surface area (Å²) in [5.41, 5.74) is -0.594. The smallest absolute Gasteiger partial charge is 0.329 e. The first kappa shape index (κ1) is 16.4. The van der Waals surface area contributed by atoms with E-state index in [0.717, 1.165) is 6.42 Å². The third kappa shape index (κ3) is 3.62. The molecular weight excluding hydrogens is 306 g/mol.